The van der Waals surface area contributed by atoms with Gasteiger partial charge >= 0.3 is 11.7 Å². The lowest BCUT2D eigenvalue weighted by Crippen LogP contribution is -2.40. The van der Waals surface area contributed by atoms with Crippen LogP contribution in [-0.2, 0) is 20.5 Å². The van der Waals surface area contributed by atoms with E-state index in [4.69, 9.17) is 5.11 Å². The van der Waals surface area contributed by atoms with Crippen LogP contribution in [0.5, 0.6) is 0 Å². The highest BCUT2D eigenvalue weighted by Gasteiger charge is 2.10. The van der Waals surface area contributed by atoms with Gasteiger partial charge in [-0.25, -0.2) is 19.3 Å². The lowest BCUT2D eigenvalue weighted by Gasteiger charge is -2.06. The largest absolute Gasteiger partial charge is 0.476 e. The van der Waals surface area contributed by atoms with Crippen LogP contribution in [0.25, 0.3) is 0 Å². The fourth-order valence-electron chi connectivity index (χ4n) is 1.62. The van der Waals surface area contributed by atoms with Crippen molar-refractivity contribution in [3.05, 3.63) is 36.9 Å². The maximum atomic E-state index is 11.8. The summed E-state index contributed by atoms with van der Waals surface area (Å²) in [5.74, 6) is -1.01. The Morgan fingerprint density at radius 1 is 1.43 bits per heavy atom. The average Bonchev–Trinajstić information content (AvgIpc) is 2.91. The molecule has 0 bridgehead atoms. The van der Waals surface area contributed by atoms with E-state index in [9.17, 15) is 14.4 Å². The van der Waals surface area contributed by atoms with Crippen molar-refractivity contribution in [1.29, 1.82) is 0 Å². The van der Waals surface area contributed by atoms with Gasteiger partial charge < -0.3 is 10.4 Å². The number of carboxylic acid groups (broad SMARTS) is 1. The van der Waals surface area contributed by atoms with Crippen molar-refractivity contribution in [3.63, 3.8) is 0 Å². The molecule has 0 aliphatic carbocycles. The second-order valence-electron chi connectivity index (χ2n) is 4.23. The molecule has 0 radical (unpaired) electrons. The monoisotopic (exact) mass is 311 g/mol. The third-order valence-corrected chi connectivity index (χ3v) is 3.63. The average molecular weight is 311 g/mol. The molecule has 9 nitrogen and oxygen atoms in total. The quantitative estimate of drug-likeness (QED) is 0.748. The van der Waals surface area contributed by atoms with Gasteiger partial charge in [-0.05, 0) is 0 Å². The first-order valence-corrected chi connectivity index (χ1v) is 6.84. The summed E-state index contributed by atoms with van der Waals surface area (Å²) in [5.41, 5.74) is -1.01. The molecule has 2 heterocycles. The van der Waals surface area contributed by atoms with Crippen LogP contribution in [0, 0.1) is 0 Å². The lowest BCUT2D eigenvalue weighted by atomic mass is 10.4. The van der Waals surface area contributed by atoms with E-state index in [1.54, 1.807) is 0 Å². The minimum atomic E-state index is -1.07. The summed E-state index contributed by atoms with van der Waals surface area (Å²) in [5, 5.41) is 17.5. The zero-order chi connectivity index (χ0) is 15.6. The highest BCUT2D eigenvalue weighted by Crippen LogP contribution is 2.10. The van der Waals surface area contributed by atoms with Crippen LogP contribution in [0.1, 0.15) is 15.5 Å². The van der Waals surface area contributed by atoms with E-state index in [1.807, 2.05) is 0 Å². The van der Waals surface area contributed by atoms with Gasteiger partial charge in [0.1, 0.15) is 0 Å². The first-order chi connectivity index (χ1) is 9.90. The molecular formula is C11H13N5O4S. The smallest absolute Gasteiger partial charge is 0.355 e. The summed E-state index contributed by atoms with van der Waals surface area (Å²) in [7, 11) is 2.82. The Balaban J connectivity index is 2.05. The molecule has 0 fully saturated rings. The van der Waals surface area contributed by atoms with Gasteiger partial charge in [-0.2, -0.15) is 0 Å². The standard InChI is InChI=1S/C11H13N5O4S/c1-15-9(17)8(14-16(2)11(15)20)12-4-3-7-13-6(5-21-7)10(18)19/h5H,3-4H2,1-2H3,(H,12,14)(H,18,19). The first-order valence-electron chi connectivity index (χ1n) is 5.96. The number of hydrogen-bond donors (Lipinski definition) is 2. The Morgan fingerprint density at radius 3 is 2.76 bits per heavy atom. The van der Waals surface area contributed by atoms with Crippen LogP contribution in [0.4, 0.5) is 5.82 Å². The molecule has 0 atom stereocenters. The SMILES string of the molecule is Cn1nc(NCCc2nc(C(=O)O)cs2)c(=O)n(C)c1=O. The molecule has 0 amide bonds. The topological polar surface area (TPSA) is 119 Å². The van der Waals surface area contributed by atoms with Crippen LogP contribution in [-0.4, -0.2) is 37.0 Å². The molecule has 112 valence electrons. The van der Waals surface area contributed by atoms with Gasteiger partial charge in [-0.3, -0.25) is 9.36 Å². The van der Waals surface area contributed by atoms with Crippen molar-refractivity contribution in [2.75, 3.05) is 11.9 Å². The third kappa shape index (κ3) is 3.16. The van der Waals surface area contributed by atoms with Crippen molar-refractivity contribution in [2.45, 2.75) is 6.42 Å². The molecule has 2 rings (SSSR count). The molecule has 0 aliphatic rings. The third-order valence-electron chi connectivity index (χ3n) is 2.72. The highest BCUT2D eigenvalue weighted by molar-refractivity contribution is 7.09. The van der Waals surface area contributed by atoms with E-state index >= 15 is 0 Å². The normalized spacial score (nSPS) is 10.6. The van der Waals surface area contributed by atoms with Gasteiger partial charge in [0.05, 0.1) is 5.01 Å². The van der Waals surface area contributed by atoms with E-state index in [-0.39, 0.29) is 11.5 Å². The predicted octanol–water partition coefficient (Wildman–Crippen LogP) is -0.712. The number of anilines is 1. The molecule has 10 heteroatoms. The van der Waals surface area contributed by atoms with Gasteiger partial charge in [0, 0.05) is 32.4 Å². The number of carbonyl (C=O) groups is 1. The maximum Gasteiger partial charge on any atom is 0.355 e. The van der Waals surface area contributed by atoms with Crippen LogP contribution in [0.2, 0.25) is 0 Å². The number of aryl methyl sites for hydroxylation is 1. The predicted molar refractivity (Wildman–Crippen MR) is 76.0 cm³/mol. The van der Waals surface area contributed by atoms with E-state index in [2.05, 4.69) is 15.4 Å². The van der Waals surface area contributed by atoms with Crippen molar-refractivity contribution in [1.82, 2.24) is 19.3 Å². The Hall–Kier alpha value is -2.49. The minimum absolute atomic E-state index is 0.00569. The van der Waals surface area contributed by atoms with Gasteiger partial charge in [0.15, 0.2) is 5.69 Å². The van der Waals surface area contributed by atoms with Crippen LogP contribution < -0.4 is 16.6 Å². The summed E-state index contributed by atoms with van der Waals surface area (Å²) in [6.07, 6.45) is 0.450. The van der Waals surface area contributed by atoms with Crippen LogP contribution in [0.3, 0.4) is 0 Å². The summed E-state index contributed by atoms with van der Waals surface area (Å²) >= 11 is 1.24. The molecule has 2 aromatic heterocycles. The zero-order valence-electron chi connectivity index (χ0n) is 11.4. The molecule has 0 aliphatic heterocycles. The highest BCUT2D eigenvalue weighted by atomic mass is 32.1. The Bertz CT molecular complexity index is 791. The van der Waals surface area contributed by atoms with Crippen LogP contribution in [0.15, 0.2) is 15.0 Å². The number of hydrogen-bond acceptors (Lipinski definition) is 7. The second-order valence-corrected chi connectivity index (χ2v) is 5.17. The Kier molecular flexibility index (Phi) is 4.17. The minimum Gasteiger partial charge on any atom is -0.476 e. The van der Waals surface area contributed by atoms with Crippen molar-refractivity contribution in [2.24, 2.45) is 14.1 Å². The number of nitrogens with zero attached hydrogens (tertiary/aromatic N) is 4. The maximum absolute atomic E-state index is 11.8. The van der Waals surface area contributed by atoms with Crippen molar-refractivity contribution in [3.8, 4) is 0 Å². The fraction of sp³-hybridized carbons (Fsp3) is 0.364. The molecule has 21 heavy (non-hydrogen) atoms. The van der Waals surface area contributed by atoms with Gasteiger partial charge in [-0.15, -0.1) is 16.4 Å². The molecular weight excluding hydrogens is 298 g/mol. The molecule has 2 N–H and O–H groups in total. The van der Waals surface area contributed by atoms with E-state index < -0.39 is 17.2 Å². The summed E-state index contributed by atoms with van der Waals surface area (Å²) < 4.78 is 2.02. The number of nitrogens with one attached hydrogen (secondary N) is 1. The van der Waals surface area contributed by atoms with E-state index in [0.717, 1.165) is 9.25 Å². The van der Waals surface area contributed by atoms with Crippen LogP contribution >= 0.6 is 11.3 Å². The molecule has 2 aromatic rings. The molecule has 0 spiro atoms. The first kappa shape index (κ1) is 14.9. The molecule has 0 unspecified atom stereocenters. The Morgan fingerprint density at radius 2 is 2.14 bits per heavy atom. The molecule has 0 aromatic carbocycles. The van der Waals surface area contributed by atoms with Crippen molar-refractivity contribution < 1.29 is 9.90 Å². The fourth-order valence-corrected chi connectivity index (χ4v) is 2.39. The number of thiazole rings is 1. The lowest BCUT2D eigenvalue weighted by molar-refractivity contribution is 0.0691. The van der Waals surface area contributed by atoms with Gasteiger partial charge in [0.25, 0.3) is 5.56 Å². The van der Waals surface area contributed by atoms with Gasteiger partial charge in [-0.1, -0.05) is 0 Å². The number of aromatic carboxylic acids is 1. The zero-order valence-corrected chi connectivity index (χ0v) is 12.2. The number of rotatable bonds is 5. The molecule has 0 saturated carbocycles. The second kappa shape index (κ2) is 5.87. The summed E-state index contributed by atoms with van der Waals surface area (Å²) in [6.45, 7) is 0.354. The molecule has 0 saturated heterocycles. The Labute approximate surface area is 122 Å². The van der Waals surface area contributed by atoms with Crippen molar-refractivity contribution >= 4 is 23.1 Å². The number of carboxylic acids is 1. The van der Waals surface area contributed by atoms with Gasteiger partial charge in [0.2, 0.25) is 5.82 Å². The summed E-state index contributed by atoms with van der Waals surface area (Å²) in [4.78, 5) is 37.9. The number of aromatic nitrogens is 4. The summed E-state index contributed by atoms with van der Waals surface area (Å²) in [6, 6.07) is 0. The van der Waals surface area contributed by atoms with E-state index in [0.29, 0.717) is 18.0 Å². The van der Waals surface area contributed by atoms with E-state index in [1.165, 1.54) is 30.8 Å².